The second-order valence-corrected chi connectivity index (χ2v) is 8.38. The molecule has 0 saturated heterocycles. The van der Waals surface area contributed by atoms with Crippen LogP contribution in [-0.2, 0) is 9.36 Å². The predicted octanol–water partition coefficient (Wildman–Crippen LogP) is 2.67. The molecular weight excluding hydrogens is 355 g/mol. The number of carbonyl (C=O) groups is 1. The lowest BCUT2D eigenvalue weighted by Crippen LogP contribution is -2.42. The third-order valence-corrected chi connectivity index (χ3v) is 5.00. The minimum atomic E-state index is -3.80. The monoisotopic (exact) mass is 392 g/mol. The average Bonchev–Trinajstić information content (AvgIpc) is 2.59. The maximum Gasteiger partial charge on any atom is 0.325 e. The molecule has 0 radical (unpaired) electrons. The van der Waals surface area contributed by atoms with Crippen molar-refractivity contribution in [3.05, 3.63) is 12.2 Å². The maximum absolute atomic E-state index is 11.3. The molecule has 5 N–H and O–H groups in total. The van der Waals surface area contributed by atoms with Crippen molar-refractivity contribution in [1.82, 2.24) is 10.6 Å². The van der Waals surface area contributed by atoms with Gasteiger partial charge in [-0.2, -0.15) is 0 Å². The number of aliphatic hydroxyl groups excluding tert-OH is 1. The smallest absolute Gasteiger partial charge is 0.325 e. The predicted molar refractivity (Wildman–Crippen MR) is 105 cm³/mol. The molecule has 154 valence electrons. The Kier molecular flexibility index (Phi) is 16.0. The molecular formula is C18H37N2O5P. The minimum Gasteiger partial charge on any atom is -0.370 e. The van der Waals surface area contributed by atoms with Crippen LogP contribution in [0.25, 0.3) is 0 Å². The third-order valence-electron chi connectivity index (χ3n) is 4.11. The molecule has 1 unspecified atom stereocenters. The lowest BCUT2D eigenvalue weighted by atomic mass is 10.1. The Bertz CT molecular complexity index is 426. The quantitative estimate of drug-likeness (QED) is 0.112. The van der Waals surface area contributed by atoms with E-state index in [-0.39, 0.29) is 12.1 Å². The van der Waals surface area contributed by atoms with E-state index in [4.69, 9.17) is 9.79 Å². The van der Waals surface area contributed by atoms with Crippen molar-refractivity contribution >= 4 is 13.5 Å². The van der Waals surface area contributed by atoms with Gasteiger partial charge >= 0.3 is 7.60 Å². The van der Waals surface area contributed by atoms with E-state index in [9.17, 15) is 14.5 Å². The SMILES string of the molecule is CNC(O)C(=O)NCCCC/C=C\CCCCCCCCCP(=O)(O)O. The summed E-state index contributed by atoms with van der Waals surface area (Å²) in [5.74, 6) is -0.384. The number of likely N-dealkylation sites (N-methyl/N-ethyl adjacent to an activating group) is 1. The van der Waals surface area contributed by atoms with E-state index in [0.717, 1.165) is 44.9 Å². The molecule has 0 aliphatic rings. The Morgan fingerprint density at radius 1 is 0.923 bits per heavy atom. The number of carbonyl (C=O) groups excluding carboxylic acids is 1. The highest BCUT2D eigenvalue weighted by molar-refractivity contribution is 7.51. The van der Waals surface area contributed by atoms with Gasteiger partial charge in [0.1, 0.15) is 0 Å². The first kappa shape index (κ1) is 25.3. The van der Waals surface area contributed by atoms with Crippen molar-refractivity contribution in [2.24, 2.45) is 0 Å². The Morgan fingerprint density at radius 3 is 1.96 bits per heavy atom. The second-order valence-electron chi connectivity index (χ2n) is 6.60. The first-order valence-electron chi connectivity index (χ1n) is 9.69. The zero-order valence-electron chi connectivity index (χ0n) is 16.0. The van der Waals surface area contributed by atoms with Crippen LogP contribution in [0.2, 0.25) is 0 Å². The maximum atomic E-state index is 11.3. The molecule has 1 amide bonds. The Labute approximate surface area is 157 Å². The van der Waals surface area contributed by atoms with Crippen molar-refractivity contribution in [2.75, 3.05) is 19.8 Å². The molecule has 26 heavy (non-hydrogen) atoms. The van der Waals surface area contributed by atoms with Crippen molar-refractivity contribution in [3.63, 3.8) is 0 Å². The molecule has 0 bridgehead atoms. The summed E-state index contributed by atoms with van der Waals surface area (Å²) in [5.41, 5.74) is 0. The largest absolute Gasteiger partial charge is 0.370 e. The summed E-state index contributed by atoms with van der Waals surface area (Å²) in [6, 6.07) is 0. The first-order chi connectivity index (χ1) is 12.4. The van der Waals surface area contributed by atoms with Crippen molar-refractivity contribution in [1.29, 1.82) is 0 Å². The van der Waals surface area contributed by atoms with Gasteiger partial charge in [0.2, 0.25) is 0 Å². The summed E-state index contributed by atoms with van der Waals surface area (Å²) in [6.07, 6.45) is 14.6. The average molecular weight is 392 g/mol. The summed E-state index contributed by atoms with van der Waals surface area (Å²) in [7, 11) is -2.27. The van der Waals surface area contributed by atoms with Crippen molar-refractivity contribution in [3.8, 4) is 0 Å². The molecule has 7 nitrogen and oxygen atoms in total. The van der Waals surface area contributed by atoms with Gasteiger partial charge in [0.15, 0.2) is 6.23 Å². The van der Waals surface area contributed by atoms with Gasteiger partial charge in [0, 0.05) is 12.7 Å². The fourth-order valence-corrected chi connectivity index (χ4v) is 3.16. The van der Waals surface area contributed by atoms with Gasteiger partial charge in [-0.15, -0.1) is 0 Å². The van der Waals surface area contributed by atoms with E-state index in [0.29, 0.717) is 13.0 Å². The van der Waals surface area contributed by atoms with E-state index < -0.39 is 13.8 Å². The van der Waals surface area contributed by atoms with Crippen LogP contribution in [0.3, 0.4) is 0 Å². The fraction of sp³-hybridized carbons (Fsp3) is 0.833. The van der Waals surface area contributed by atoms with Crippen LogP contribution in [0.4, 0.5) is 0 Å². The van der Waals surface area contributed by atoms with Crippen LogP contribution in [0.1, 0.15) is 70.6 Å². The minimum absolute atomic E-state index is 0.0159. The van der Waals surface area contributed by atoms with Crippen LogP contribution in [-0.4, -0.2) is 46.8 Å². The van der Waals surface area contributed by atoms with Crippen LogP contribution in [0.15, 0.2) is 12.2 Å². The number of hydrogen-bond donors (Lipinski definition) is 5. The van der Waals surface area contributed by atoms with Crippen molar-refractivity contribution in [2.45, 2.75) is 76.9 Å². The lowest BCUT2D eigenvalue weighted by molar-refractivity contribution is -0.130. The van der Waals surface area contributed by atoms with Crippen LogP contribution >= 0.6 is 7.60 Å². The number of aliphatic hydroxyl groups is 1. The zero-order valence-corrected chi connectivity index (χ0v) is 16.9. The summed E-state index contributed by atoms with van der Waals surface area (Å²) >= 11 is 0. The Balaban J connectivity index is 3.27. The van der Waals surface area contributed by atoms with Gasteiger partial charge in [0.05, 0.1) is 0 Å². The molecule has 0 aliphatic heterocycles. The van der Waals surface area contributed by atoms with E-state index in [1.165, 1.54) is 26.3 Å². The molecule has 0 spiro atoms. The molecule has 0 fully saturated rings. The number of amides is 1. The van der Waals surface area contributed by atoms with E-state index in [2.05, 4.69) is 22.8 Å². The molecule has 0 aliphatic carbocycles. The van der Waals surface area contributed by atoms with E-state index in [1.54, 1.807) is 0 Å². The molecule has 1 atom stereocenters. The highest BCUT2D eigenvalue weighted by Gasteiger charge is 2.11. The highest BCUT2D eigenvalue weighted by atomic mass is 31.2. The Hall–Kier alpha value is -0.720. The highest BCUT2D eigenvalue weighted by Crippen LogP contribution is 2.35. The number of hydrogen-bond acceptors (Lipinski definition) is 4. The topological polar surface area (TPSA) is 119 Å². The standard InChI is InChI=1S/C18H37N2O5P/c1-19-17(21)18(22)20-15-13-11-9-7-5-3-2-4-6-8-10-12-14-16-26(23,24)25/h5,7,17,19,21H,2-4,6,8-16H2,1H3,(H,20,22)(H2,23,24,25)/b7-5-. The van der Waals surface area contributed by atoms with Gasteiger partial charge in [-0.25, -0.2) is 0 Å². The lowest BCUT2D eigenvalue weighted by Gasteiger charge is -2.09. The molecule has 8 heteroatoms. The van der Waals surface area contributed by atoms with Crippen LogP contribution < -0.4 is 10.6 Å². The zero-order chi connectivity index (χ0) is 19.7. The first-order valence-corrected chi connectivity index (χ1v) is 11.5. The molecule has 0 aromatic carbocycles. The van der Waals surface area contributed by atoms with Gasteiger partial charge in [-0.3, -0.25) is 14.7 Å². The van der Waals surface area contributed by atoms with Gasteiger partial charge in [-0.05, 0) is 45.6 Å². The van der Waals surface area contributed by atoms with Gasteiger partial charge in [-0.1, -0.05) is 44.3 Å². The van der Waals surface area contributed by atoms with Crippen molar-refractivity contribution < 1.29 is 24.3 Å². The molecule has 0 aromatic heterocycles. The van der Waals surface area contributed by atoms with Crippen LogP contribution in [0.5, 0.6) is 0 Å². The summed E-state index contributed by atoms with van der Waals surface area (Å²) < 4.78 is 10.7. The number of unbranched alkanes of at least 4 members (excludes halogenated alkanes) is 9. The fourth-order valence-electron chi connectivity index (χ4n) is 2.53. The van der Waals surface area contributed by atoms with E-state index >= 15 is 0 Å². The number of allylic oxidation sites excluding steroid dienone is 2. The number of nitrogens with one attached hydrogen (secondary N) is 2. The molecule has 0 rings (SSSR count). The molecule has 0 heterocycles. The second kappa shape index (κ2) is 16.5. The number of rotatable bonds is 17. The van der Waals surface area contributed by atoms with Crippen LogP contribution in [0, 0.1) is 0 Å². The Morgan fingerprint density at radius 2 is 1.42 bits per heavy atom. The van der Waals surface area contributed by atoms with Gasteiger partial charge < -0.3 is 20.2 Å². The summed E-state index contributed by atoms with van der Waals surface area (Å²) in [5, 5.41) is 14.4. The normalized spacial score (nSPS) is 13.2. The van der Waals surface area contributed by atoms with Gasteiger partial charge in [0.25, 0.3) is 5.91 Å². The molecule has 0 saturated carbocycles. The van der Waals surface area contributed by atoms with E-state index in [1.807, 2.05) is 0 Å². The molecule has 0 aromatic rings. The summed E-state index contributed by atoms with van der Waals surface area (Å²) in [4.78, 5) is 28.8. The summed E-state index contributed by atoms with van der Waals surface area (Å²) in [6.45, 7) is 0.583. The third kappa shape index (κ3) is 18.1.